The number of carbonyl (C=O) groups excluding carboxylic acids is 1. The highest BCUT2D eigenvalue weighted by Gasteiger charge is 2.13. The molecule has 0 bridgehead atoms. The zero-order valence-corrected chi connectivity index (χ0v) is 15.9. The zero-order chi connectivity index (χ0) is 19.8. The molecule has 0 unspecified atom stereocenters. The van der Waals surface area contributed by atoms with Gasteiger partial charge in [-0.3, -0.25) is 4.79 Å². The summed E-state index contributed by atoms with van der Waals surface area (Å²) >= 11 is 0. The molecule has 0 saturated carbocycles. The van der Waals surface area contributed by atoms with Crippen molar-refractivity contribution in [2.75, 3.05) is 0 Å². The van der Waals surface area contributed by atoms with E-state index in [1.165, 1.54) is 6.08 Å². The van der Waals surface area contributed by atoms with E-state index in [0.717, 1.165) is 10.3 Å². The first-order valence-corrected chi connectivity index (χ1v) is 8.39. The third-order valence-corrected chi connectivity index (χ3v) is 2.93. The van der Waals surface area contributed by atoms with Gasteiger partial charge in [0.25, 0.3) is 5.56 Å². The highest BCUT2D eigenvalue weighted by molar-refractivity contribution is 5.65. The third kappa shape index (κ3) is 7.12. The van der Waals surface area contributed by atoms with E-state index in [2.05, 4.69) is 31.4 Å². The molecule has 0 fully saturated rings. The van der Waals surface area contributed by atoms with Gasteiger partial charge in [0, 0.05) is 17.5 Å². The monoisotopic (exact) mass is 342 g/mol. The molecule has 0 spiro atoms. The minimum absolute atomic E-state index is 0.0985. The highest BCUT2D eigenvalue weighted by Crippen LogP contribution is 2.16. The standard InChI is InChI=1S/C17H18N2O2.2C2H6/c1-5-9-13(6-2)12-16-14(7-3)15(8-4)17(21)19(18-16)10-11-20;2*1-2/h5-9,11H,1-4,10,12H2;2*1-2H3/b13-9+;;. The van der Waals surface area contributed by atoms with Crippen molar-refractivity contribution in [3.63, 3.8) is 0 Å². The zero-order valence-electron chi connectivity index (χ0n) is 15.9. The summed E-state index contributed by atoms with van der Waals surface area (Å²) in [5, 5.41) is 4.24. The molecule has 0 aliphatic carbocycles. The van der Waals surface area contributed by atoms with Crippen LogP contribution < -0.4 is 5.56 Å². The molecule has 1 aromatic heterocycles. The summed E-state index contributed by atoms with van der Waals surface area (Å²) < 4.78 is 1.13. The second kappa shape index (κ2) is 14.8. The topological polar surface area (TPSA) is 52.0 Å². The third-order valence-electron chi connectivity index (χ3n) is 2.93. The Morgan fingerprint density at radius 3 is 2.00 bits per heavy atom. The van der Waals surface area contributed by atoms with E-state index in [-0.39, 0.29) is 12.1 Å². The molecule has 1 rings (SSSR count). The molecular formula is C21H30N2O2. The number of aldehydes is 1. The van der Waals surface area contributed by atoms with Gasteiger partial charge in [-0.25, -0.2) is 4.68 Å². The van der Waals surface area contributed by atoms with Gasteiger partial charge in [0.2, 0.25) is 0 Å². The largest absolute Gasteiger partial charge is 0.301 e. The molecule has 0 aliphatic heterocycles. The summed E-state index contributed by atoms with van der Waals surface area (Å²) in [6.07, 6.45) is 9.27. The van der Waals surface area contributed by atoms with E-state index in [9.17, 15) is 9.59 Å². The van der Waals surface area contributed by atoms with Crippen LogP contribution in [0.4, 0.5) is 0 Å². The van der Waals surface area contributed by atoms with Crippen LogP contribution in [0.3, 0.4) is 0 Å². The molecule has 136 valence electrons. The molecule has 25 heavy (non-hydrogen) atoms. The highest BCUT2D eigenvalue weighted by atomic mass is 16.1. The lowest BCUT2D eigenvalue weighted by Gasteiger charge is -2.12. The lowest BCUT2D eigenvalue weighted by atomic mass is 10.0. The summed E-state index contributed by atoms with van der Waals surface area (Å²) in [7, 11) is 0. The maximum atomic E-state index is 12.2. The average Bonchev–Trinajstić information content (AvgIpc) is 2.66. The molecule has 0 N–H and O–H groups in total. The Labute approximate surface area is 151 Å². The first-order chi connectivity index (χ1) is 12.1. The van der Waals surface area contributed by atoms with Gasteiger partial charge in [-0.15, -0.1) is 0 Å². The Hall–Kier alpha value is -2.75. The van der Waals surface area contributed by atoms with E-state index in [1.807, 2.05) is 33.8 Å². The SMILES string of the molecule is C=C/C=C(\C=C)Cc1nn(CC=O)c(=O)c(C=C)c1C=C.CC.CC. The summed E-state index contributed by atoms with van der Waals surface area (Å²) in [6, 6.07) is 0. The van der Waals surface area contributed by atoms with Crippen LogP contribution in [0.5, 0.6) is 0 Å². The van der Waals surface area contributed by atoms with Crippen molar-refractivity contribution in [2.45, 2.75) is 40.7 Å². The first kappa shape index (κ1) is 24.5. The Morgan fingerprint density at radius 1 is 1.04 bits per heavy atom. The maximum Gasteiger partial charge on any atom is 0.275 e. The molecule has 0 atom stereocenters. The smallest absolute Gasteiger partial charge is 0.275 e. The van der Waals surface area contributed by atoms with Crippen LogP contribution in [0.2, 0.25) is 0 Å². The van der Waals surface area contributed by atoms with Crippen molar-refractivity contribution in [3.05, 3.63) is 77.3 Å². The van der Waals surface area contributed by atoms with Gasteiger partial charge in [0.15, 0.2) is 0 Å². The maximum absolute atomic E-state index is 12.2. The molecule has 0 aliphatic rings. The second-order valence-electron chi connectivity index (χ2n) is 4.19. The fourth-order valence-corrected chi connectivity index (χ4v) is 1.95. The summed E-state index contributed by atoms with van der Waals surface area (Å²) in [5.41, 5.74) is 2.18. The molecule has 4 heteroatoms. The van der Waals surface area contributed by atoms with Crippen molar-refractivity contribution >= 4 is 18.4 Å². The number of hydrogen-bond acceptors (Lipinski definition) is 3. The van der Waals surface area contributed by atoms with Gasteiger partial charge in [0.1, 0.15) is 12.8 Å². The number of nitrogens with zero attached hydrogens (tertiary/aromatic N) is 2. The van der Waals surface area contributed by atoms with E-state index in [1.54, 1.807) is 18.2 Å². The number of allylic oxidation sites excluding steroid dienone is 4. The number of carbonyl (C=O) groups is 1. The van der Waals surface area contributed by atoms with Crippen molar-refractivity contribution in [2.24, 2.45) is 0 Å². The first-order valence-electron chi connectivity index (χ1n) is 8.39. The van der Waals surface area contributed by atoms with Crippen LogP contribution in [0, 0.1) is 0 Å². The normalized spacial score (nSPS) is 9.52. The van der Waals surface area contributed by atoms with E-state index in [0.29, 0.717) is 29.5 Å². The molecule has 0 radical (unpaired) electrons. The van der Waals surface area contributed by atoms with Crippen molar-refractivity contribution in [1.29, 1.82) is 0 Å². The van der Waals surface area contributed by atoms with Crippen LogP contribution in [0.1, 0.15) is 44.5 Å². The summed E-state index contributed by atoms with van der Waals surface area (Å²) in [5.74, 6) is 0. The van der Waals surface area contributed by atoms with Crippen LogP contribution >= 0.6 is 0 Å². The predicted molar refractivity (Wildman–Crippen MR) is 110 cm³/mol. The Kier molecular flexibility index (Phi) is 14.5. The van der Waals surface area contributed by atoms with E-state index < -0.39 is 0 Å². The Morgan fingerprint density at radius 2 is 1.60 bits per heavy atom. The molecule has 0 amide bonds. The Balaban J connectivity index is 0. The minimum Gasteiger partial charge on any atom is -0.301 e. The summed E-state index contributed by atoms with van der Waals surface area (Å²) in [4.78, 5) is 22.9. The fourth-order valence-electron chi connectivity index (χ4n) is 1.95. The van der Waals surface area contributed by atoms with E-state index >= 15 is 0 Å². The lowest BCUT2D eigenvalue weighted by Crippen LogP contribution is -2.28. The van der Waals surface area contributed by atoms with Gasteiger partial charge < -0.3 is 4.79 Å². The quantitative estimate of drug-likeness (QED) is 0.511. The molecule has 4 nitrogen and oxygen atoms in total. The minimum atomic E-state index is -0.358. The molecule has 1 heterocycles. The van der Waals surface area contributed by atoms with Crippen molar-refractivity contribution in [1.82, 2.24) is 9.78 Å². The van der Waals surface area contributed by atoms with Gasteiger partial charge in [-0.2, -0.15) is 5.10 Å². The number of aromatic nitrogens is 2. The van der Waals surface area contributed by atoms with Gasteiger partial charge in [-0.1, -0.05) is 84.4 Å². The fraction of sp³-hybridized carbons (Fsp3) is 0.286. The number of rotatable bonds is 8. The van der Waals surface area contributed by atoms with Crippen molar-refractivity contribution < 1.29 is 4.79 Å². The predicted octanol–water partition coefficient (Wildman–Crippen LogP) is 4.62. The summed E-state index contributed by atoms with van der Waals surface area (Å²) in [6.45, 7) is 22.7. The van der Waals surface area contributed by atoms with Crippen LogP contribution in [0.25, 0.3) is 12.2 Å². The molecular weight excluding hydrogens is 312 g/mol. The van der Waals surface area contributed by atoms with Crippen LogP contribution in [0.15, 0.2) is 54.9 Å². The van der Waals surface area contributed by atoms with Crippen LogP contribution in [-0.4, -0.2) is 16.1 Å². The number of hydrogen-bond donors (Lipinski definition) is 0. The molecule has 0 aromatic carbocycles. The van der Waals surface area contributed by atoms with Crippen LogP contribution in [-0.2, 0) is 17.8 Å². The van der Waals surface area contributed by atoms with Gasteiger partial charge in [0.05, 0.1) is 5.69 Å². The second-order valence-corrected chi connectivity index (χ2v) is 4.19. The molecule has 0 saturated heterocycles. The lowest BCUT2D eigenvalue weighted by molar-refractivity contribution is -0.108. The van der Waals surface area contributed by atoms with Gasteiger partial charge in [-0.05, 0) is 5.57 Å². The molecule has 1 aromatic rings. The van der Waals surface area contributed by atoms with E-state index in [4.69, 9.17) is 0 Å². The van der Waals surface area contributed by atoms with Gasteiger partial charge >= 0.3 is 0 Å². The Bertz CT molecular complexity index is 680. The van der Waals surface area contributed by atoms with Crippen molar-refractivity contribution in [3.8, 4) is 0 Å². The average molecular weight is 342 g/mol.